The molecular weight excluding hydrogens is 882 g/mol. The molecule has 0 radical (unpaired) electrons. The summed E-state index contributed by atoms with van der Waals surface area (Å²) < 4.78 is 34.1. The highest BCUT2D eigenvalue weighted by molar-refractivity contribution is 7.45. The van der Waals surface area contributed by atoms with Gasteiger partial charge in [0, 0.05) is 12.8 Å². The van der Waals surface area contributed by atoms with Crippen LogP contribution in [0.3, 0.4) is 0 Å². The van der Waals surface area contributed by atoms with E-state index in [4.69, 9.17) is 18.5 Å². The second-order valence-corrected chi connectivity index (χ2v) is 23.1. The average Bonchev–Trinajstić information content (AvgIpc) is 3.31. The van der Waals surface area contributed by atoms with Crippen molar-refractivity contribution >= 4 is 19.8 Å². The van der Waals surface area contributed by atoms with Gasteiger partial charge < -0.3 is 27.9 Å². The fourth-order valence-corrected chi connectivity index (χ4v) is 9.62. The fourth-order valence-electron chi connectivity index (χ4n) is 8.89. The summed E-state index contributed by atoms with van der Waals surface area (Å²) in [7, 11) is 1.19. The fraction of sp³-hybridized carbons (Fsp3) is 0.932. The van der Waals surface area contributed by atoms with Gasteiger partial charge in [0.1, 0.15) is 19.8 Å². The number of quaternary nitrogens is 1. The van der Waals surface area contributed by atoms with Crippen LogP contribution in [-0.4, -0.2) is 70.0 Å². The molecule has 0 aromatic carbocycles. The van der Waals surface area contributed by atoms with Crippen LogP contribution >= 0.6 is 7.82 Å². The Hall–Kier alpha value is -1.25. The van der Waals surface area contributed by atoms with Crippen LogP contribution in [0.2, 0.25) is 0 Å². The normalized spacial score (nSPS) is 13.3. The highest BCUT2D eigenvalue weighted by atomic mass is 31.2. The van der Waals surface area contributed by atoms with Crippen LogP contribution in [0.4, 0.5) is 0 Å². The Kier molecular flexibility index (Phi) is 50.7. The van der Waals surface area contributed by atoms with Gasteiger partial charge in [0.05, 0.1) is 27.7 Å². The first kappa shape index (κ1) is 67.8. The second-order valence-electron chi connectivity index (χ2n) is 21.7. The molecule has 0 heterocycles. The third kappa shape index (κ3) is 55.9. The van der Waals surface area contributed by atoms with Gasteiger partial charge in [-0.15, -0.1) is 0 Å². The molecule has 10 heteroatoms. The van der Waals surface area contributed by atoms with E-state index in [1.54, 1.807) is 0 Å². The molecule has 0 N–H and O–H groups in total. The van der Waals surface area contributed by atoms with Gasteiger partial charge in [-0.2, -0.15) is 0 Å². The van der Waals surface area contributed by atoms with Crippen molar-refractivity contribution in [2.24, 2.45) is 0 Å². The summed E-state index contributed by atoms with van der Waals surface area (Å²) >= 11 is 0. The quantitative estimate of drug-likeness (QED) is 0.0195. The number of unbranched alkanes of at least 4 members (excludes halogenated alkanes) is 40. The molecule has 2 atom stereocenters. The van der Waals surface area contributed by atoms with Crippen LogP contribution in [0.25, 0.3) is 0 Å². The van der Waals surface area contributed by atoms with Crippen molar-refractivity contribution in [2.75, 3.05) is 47.5 Å². The smallest absolute Gasteiger partial charge is 0.306 e. The van der Waals surface area contributed by atoms with E-state index in [0.717, 1.165) is 32.1 Å². The van der Waals surface area contributed by atoms with E-state index >= 15 is 0 Å². The maximum absolute atomic E-state index is 12.8. The van der Waals surface area contributed by atoms with Gasteiger partial charge in [0.15, 0.2) is 6.10 Å². The molecule has 0 saturated carbocycles. The van der Waals surface area contributed by atoms with Crippen molar-refractivity contribution in [3.05, 3.63) is 12.2 Å². The molecule has 0 amide bonds. The van der Waals surface area contributed by atoms with Crippen LogP contribution in [0.15, 0.2) is 12.2 Å². The van der Waals surface area contributed by atoms with E-state index < -0.39 is 26.5 Å². The molecule has 410 valence electrons. The van der Waals surface area contributed by atoms with Crippen molar-refractivity contribution in [1.29, 1.82) is 0 Å². The van der Waals surface area contributed by atoms with Crippen molar-refractivity contribution in [2.45, 2.75) is 309 Å². The predicted molar refractivity (Wildman–Crippen MR) is 292 cm³/mol. The summed E-state index contributed by atoms with van der Waals surface area (Å²) in [5.41, 5.74) is 0. The molecule has 2 unspecified atom stereocenters. The standard InChI is InChI=1S/C59H116NO8P/c1-6-8-10-12-14-16-18-20-22-23-24-25-26-27-28-29-30-31-32-33-34-35-36-37-38-40-42-44-46-48-50-52-59(62)68-57(56-67-69(63,64)66-54-53-60(3,4)5)55-65-58(61)51-49-47-45-43-41-39-21-19-17-15-13-11-9-7-2/h23-24,57H,6-22,25-56H2,1-5H3/b24-23-. The number of nitrogens with zero attached hydrogens (tertiary/aromatic N) is 1. The van der Waals surface area contributed by atoms with Gasteiger partial charge in [0.25, 0.3) is 7.82 Å². The van der Waals surface area contributed by atoms with E-state index in [2.05, 4.69) is 26.0 Å². The Morgan fingerprint density at radius 2 is 0.739 bits per heavy atom. The number of carbonyl (C=O) groups excluding carboxylic acids is 2. The monoisotopic (exact) mass is 998 g/mol. The number of phosphoric ester groups is 1. The summed E-state index contributed by atoms with van der Waals surface area (Å²) in [6, 6.07) is 0. The van der Waals surface area contributed by atoms with Crippen molar-refractivity contribution < 1.29 is 42.1 Å². The van der Waals surface area contributed by atoms with E-state index in [1.165, 1.54) is 238 Å². The first-order valence-corrected chi connectivity index (χ1v) is 31.4. The highest BCUT2D eigenvalue weighted by Crippen LogP contribution is 2.38. The number of phosphoric acid groups is 1. The highest BCUT2D eigenvalue weighted by Gasteiger charge is 2.22. The first-order valence-electron chi connectivity index (χ1n) is 29.9. The molecule has 0 aromatic rings. The summed E-state index contributed by atoms with van der Waals surface area (Å²) in [5.74, 6) is -0.814. The summed E-state index contributed by atoms with van der Waals surface area (Å²) in [5, 5.41) is 0. The Bertz CT molecular complexity index is 1180. The topological polar surface area (TPSA) is 111 Å². The average molecular weight is 999 g/mol. The number of likely N-dealkylation sites (N-methyl/N-ethyl adjacent to an activating group) is 1. The molecule has 69 heavy (non-hydrogen) atoms. The van der Waals surface area contributed by atoms with E-state index in [-0.39, 0.29) is 32.0 Å². The van der Waals surface area contributed by atoms with E-state index in [9.17, 15) is 19.0 Å². The number of ether oxygens (including phenoxy) is 2. The molecule has 0 aliphatic heterocycles. The van der Waals surface area contributed by atoms with E-state index in [0.29, 0.717) is 17.4 Å². The van der Waals surface area contributed by atoms with Gasteiger partial charge in [-0.25, -0.2) is 0 Å². The molecule has 0 bridgehead atoms. The molecule has 0 aliphatic rings. The van der Waals surface area contributed by atoms with Gasteiger partial charge in [-0.1, -0.05) is 264 Å². The summed E-state index contributed by atoms with van der Waals surface area (Å²) in [4.78, 5) is 37.8. The van der Waals surface area contributed by atoms with Crippen LogP contribution in [0.1, 0.15) is 303 Å². The first-order chi connectivity index (χ1) is 33.5. The van der Waals surface area contributed by atoms with Crippen molar-refractivity contribution in [1.82, 2.24) is 0 Å². The Balaban J connectivity index is 3.99. The number of hydrogen-bond acceptors (Lipinski definition) is 8. The van der Waals surface area contributed by atoms with Crippen molar-refractivity contribution in [3.63, 3.8) is 0 Å². The van der Waals surface area contributed by atoms with Crippen molar-refractivity contribution in [3.8, 4) is 0 Å². The number of esters is 2. The third-order valence-corrected chi connectivity index (χ3v) is 14.5. The zero-order valence-corrected chi connectivity index (χ0v) is 47.4. The molecular formula is C59H116NO8P. The van der Waals surface area contributed by atoms with Gasteiger partial charge in [-0.05, 0) is 38.5 Å². The lowest BCUT2D eigenvalue weighted by atomic mass is 10.0. The van der Waals surface area contributed by atoms with Gasteiger partial charge in [-0.3, -0.25) is 14.2 Å². The number of allylic oxidation sites excluding steroid dienone is 2. The number of rotatable bonds is 56. The van der Waals surface area contributed by atoms with Gasteiger partial charge >= 0.3 is 11.9 Å². The lowest BCUT2D eigenvalue weighted by Crippen LogP contribution is -2.37. The molecule has 0 aliphatic carbocycles. The Labute approximate surface area is 428 Å². The Morgan fingerprint density at radius 1 is 0.435 bits per heavy atom. The molecule has 0 spiro atoms. The lowest BCUT2D eigenvalue weighted by molar-refractivity contribution is -0.870. The van der Waals surface area contributed by atoms with Crippen LogP contribution in [0.5, 0.6) is 0 Å². The largest absolute Gasteiger partial charge is 0.756 e. The van der Waals surface area contributed by atoms with E-state index in [1.807, 2.05) is 21.1 Å². The van der Waals surface area contributed by atoms with Crippen LogP contribution < -0.4 is 4.89 Å². The summed E-state index contributed by atoms with van der Waals surface area (Å²) in [6.45, 7) is 4.29. The molecule has 0 fully saturated rings. The molecule has 0 rings (SSSR count). The number of hydrogen-bond donors (Lipinski definition) is 0. The zero-order chi connectivity index (χ0) is 50.6. The maximum atomic E-state index is 12.8. The summed E-state index contributed by atoms with van der Waals surface area (Å²) in [6.07, 6.45) is 59.9. The van der Waals surface area contributed by atoms with Gasteiger partial charge in [0.2, 0.25) is 0 Å². The molecule has 0 saturated heterocycles. The SMILES string of the molecule is CCCCCCCCCC/C=C\CCCCCCCCCCCCCCCCCCCCCC(=O)OC(COC(=O)CCCCCCCCCCCCCCCC)COP(=O)([O-])OCC[N+](C)(C)C. The number of carbonyl (C=O) groups is 2. The lowest BCUT2D eigenvalue weighted by Gasteiger charge is -2.28. The maximum Gasteiger partial charge on any atom is 0.306 e. The minimum atomic E-state index is -4.63. The molecule has 0 aromatic heterocycles. The Morgan fingerprint density at radius 3 is 1.07 bits per heavy atom. The second kappa shape index (κ2) is 51.6. The molecule has 9 nitrogen and oxygen atoms in total. The van der Waals surface area contributed by atoms with Crippen LogP contribution in [0, 0.1) is 0 Å². The zero-order valence-electron chi connectivity index (χ0n) is 46.5. The third-order valence-electron chi connectivity index (χ3n) is 13.5. The minimum Gasteiger partial charge on any atom is -0.756 e. The minimum absolute atomic E-state index is 0.0263. The predicted octanol–water partition coefficient (Wildman–Crippen LogP) is 17.8. The van der Waals surface area contributed by atoms with Crippen LogP contribution in [-0.2, 0) is 32.7 Å².